The topological polar surface area (TPSA) is 58.4 Å². The Kier molecular flexibility index (Phi) is 2.50. The summed E-state index contributed by atoms with van der Waals surface area (Å²) in [6.45, 7) is 4.60. The fraction of sp³-hybridized carbons (Fsp3) is 0.636. The van der Waals surface area contributed by atoms with Gasteiger partial charge >= 0.3 is 0 Å². The highest BCUT2D eigenvalue weighted by Gasteiger charge is 2.42. The second-order valence-corrected chi connectivity index (χ2v) is 4.54. The van der Waals surface area contributed by atoms with Gasteiger partial charge in [0.15, 0.2) is 0 Å². The third-order valence-electron chi connectivity index (χ3n) is 3.16. The van der Waals surface area contributed by atoms with Crippen molar-refractivity contribution in [1.82, 2.24) is 14.7 Å². The van der Waals surface area contributed by atoms with Crippen LogP contribution in [-0.2, 0) is 7.05 Å². The molecule has 0 saturated carbocycles. The van der Waals surface area contributed by atoms with E-state index in [1.165, 1.54) is 0 Å². The number of β-amino-alcohol motifs (C(OH)–C–C–N with tert-alkyl or cyclic N) is 1. The molecule has 1 aliphatic rings. The van der Waals surface area contributed by atoms with E-state index in [0.29, 0.717) is 25.1 Å². The Bertz CT molecular complexity index is 419. The van der Waals surface area contributed by atoms with Crippen LogP contribution in [0, 0.1) is 6.92 Å². The lowest BCUT2D eigenvalue weighted by Crippen LogP contribution is -2.63. The zero-order valence-electron chi connectivity index (χ0n) is 9.90. The molecule has 0 spiro atoms. The van der Waals surface area contributed by atoms with Crippen LogP contribution in [0.4, 0.5) is 0 Å². The van der Waals surface area contributed by atoms with E-state index in [9.17, 15) is 9.90 Å². The molecule has 2 heterocycles. The van der Waals surface area contributed by atoms with Gasteiger partial charge in [-0.25, -0.2) is 0 Å². The van der Waals surface area contributed by atoms with E-state index in [1.807, 2.05) is 13.8 Å². The van der Waals surface area contributed by atoms with E-state index < -0.39 is 5.60 Å². The highest BCUT2D eigenvalue weighted by Crippen LogP contribution is 2.26. The van der Waals surface area contributed by atoms with E-state index in [0.717, 1.165) is 5.69 Å². The molecule has 16 heavy (non-hydrogen) atoms. The van der Waals surface area contributed by atoms with Crippen LogP contribution < -0.4 is 0 Å². The first kappa shape index (κ1) is 11.1. The van der Waals surface area contributed by atoms with Gasteiger partial charge in [0.2, 0.25) is 0 Å². The Hall–Kier alpha value is -1.36. The first-order valence-electron chi connectivity index (χ1n) is 5.47. The predicted molar refractivity (Wildman–Crippen MR) is 59.1 cm³/mol. The van der Waals surface area contributed by atoms with Crippen molar-refractivity contribution in [2.75, 3.05) is 13.1 Å². The van der Waals surface area contributed by atoms with Crippen molar-refractivity contribution in [2.24, 2.45) is 7.05 Å². The molecular weight excluding hydrogens is 206 g/mol. The van der Waals surface area contributed by atoms with Gasteiger partial charge in [-0.3, -0.25) is 9.48 Å². The van der Waals surface area contributed by atoms with Crippen LogP contribution in [0.1, 0.15) is 29.4 Å². The van der Waals surface area contributed by atoms with Gasteiger partial charge in [0, 0.05) is 13.2 Å². The van der Waals surface area contributed by atoms with Crippen LogP contribution in [0.5, 0.6) is 0 Å². The average Bonchev–Trinajstić information content (AvgIpc) is 2.52. The molecule has 0 bridgehead atoms. The van der Waals surface area contributed by atoms with Crippen LogP contribution in [0.2, 0.25) is 0 Å². The van der Waals surface area contributed by atoms with E-state index >= 15 is 0 Å². The SMILES string of the molecule is CCC1(O)CN(C(=O)c2cn(C)nc2C)C1. The average molecular weight is 223 g/mol. The summed E-state index contributed by atoms with van der Waals surface area (Å²) >= 11 is 0. The number of aromatic nitrogens is 2. The molecule has 0 atom stereocenters. The summed E-state index contributed by atoms with van der Waals surface area (Å²) in [5, 5.41) is 14.0. The fourth-order valence-corrected chi connectivity index (χ4v) is 2.01. The van der Waals surface area contributed by atoms with Crippen LogP contribution in [0.3, 0.4) is 0 Å². The number of hydrogen-bond donors (Lipinski definition) is 1. The number of amides is 1. The Morgan fingerprint density at radius 3 is 2.69 bits per heavy atom. The maximum atomic E-state index is 12.0. The van der Waals surface area contributed by atoms with Crippen molar-refractivity contribution < 1.29 is 9.90 Å². The summed E-state index contributed by atoms with van der Waals surface area (Å²) in [5.74, 6) is -0.0382. The third kappa shape index (κ3) is 1.71. The Morgan fingerprint density at radius 1 is 1.62 bits per heavy atom. The minimum Gasteiger partial charge on any atom is -0.386 e. The number of aliphatic hydroxyl groups is 1. The Labute approximate surface area is 94.7 Å². The maximum absolute atomic E-state index is 12.0. The van der Waals surface area contributed by atoms with E-state index in [1.54, 1.807) is 22.8 Å². The fourth-order valence-electron chi connectivity index (χ4n) is 2.01. The molecule has 0 unspecified atom stereocenters. The van der Waals surface area contributed by atoms with Gasteiger partial charge < -0.3 is 10.0 Å². The highest BCUT2D eigenvalue weighted by atomic mass is 16.3. The number of carbonyl (C=O) groups is 1. The lowest BCUT2D eigenvalue weighted by molar-refractivity contribution is -0.0826. The van der Waals surface area contributed by atoms with Crippen LogP contribution in [0.15, 0.2) is 6.20 Å². The zero-order chi connectivity index (χ0) is 11.9. The summed E-state index contributed by atoms with van der Waals surface area (Å²) in [4.78, 5) is 13.7. The molecule has 2 rings (SSSR count). The summed E-state index contributed by atoms with van der Waals surface area (Å²) in [6.07, 6.45) is 2.41. The normalized spacial score (nSPS) is 18.4. The summed E-state index contributed by atoms with van der Waals surface area (Å²) in [6, 6.07) is 0. The smallest absolute Gasteiger partial charge is 0.257 e. The van der Waals surface area contributed by atoms with Gasteiger partial charge in [-0.15, -0.1) is 0 Å². The molecule has 5 heteroatoms. The summed E-state index contributed by atoms with van der Waals surface area (Å²) in [5.41, 5.74) is 0.686. The molecule has 1 N–H and O–H groups in total. The van der Waals surface area contributed by atoms with Crippen molar-refractivity contribution in [3.05, 3.63) is 17.5 Å². The van der Waals surface area contributed by atoms with E-state index in [4.69, 9.17) is 0 Å². The van der Waals surface area contributed by atoms with Crippen molar-refractivity contribution in [2.45, 2.75) is 25.9 Å². The molecule has 1 aromatic rings. The maximum Gasteiger partial charge on any atom is 0.257 e. The molecule has 1 amide bonds. The molecule has 0 radical (unpaired) electrons. The molecular formula is C11H17N3O2. The van der Waals surface area contributed by atoms with Crippen molar-refractivity contribution in [3.8, 4) is 0 Å². The molecule has 88 valence electrons. The lowest BCUT2D eigenvalue weighted by Gasteiger charge is -2.46. The molecule has 0 aliphatic carbocycles. The van der Waals surface area contributed by atoms with Crippen LogP contribution in [-0.4, -0.2) is 44.4 Å². The monoisotopic (exact) mass is 223 g/mol. The summed E-state index contributed by atoms with van der Waals surface area (Å²) in [7, 11) is 1.79. The third-order valence-corrected chi connectivity index (χ3v) is 3.16. The number of hydrogen-bond acceptors (Lipinski definition) is 3. The highest BCUT2D eigenvalue weighted by molar-refractivity contribution is 5.95. The largest absolute Gasteiger partial charge is 0.386 e. The minimum atomic E-state index is -0.675. The first-order valence-corrected chi connectivity index (χ1v) is 5.47. The van der Waals surface area contributed by atoms with Crippen LogP contribution in [0.25, 0.3) is 0 Å². The summed E-state index contributed by atoms with van der Waals surface area (Å²) < 4.78 is 1.63. The zero-order valence-corrected chi connectivity index (χ0v) is 9.90. The van der Waals surface area contributed by atoms with Gasteiger partial charge in [-0.1, -0.05) is 6.92 Å². The molecule has 5 nitrogen and oxygen atoms in total. The number of rotatable bonds is 2. The van der Waals surface area contributed by atoms with Crippen LogP contribution >= 0.6 is 0 Å². The molecule has 1 fully saturated rings. The van der Waals surface area contributed by atoms with Gasteiger partial charge in [0.05, 0.1) is 29.9 Å². The van der Waals surface area contributed by atoms with Gasteiger partial charge in [0.25, 0.3) is 5.91 Å². The van der Waals surface area contributed by atoms with Crippen molar-refractivity contribution >= 4 is 5.91 Å². The molecule has 1 aromatic heterocycles. The molecule has 1 aliphatic heterocycles. The molecule has 1 saturated heterocycles. The van der Waals surface area contributed by atoms with Gasteiger partial charge in [-0.05, 0) is 13.3 Å². The Balaban J connectivity index is 2.08. The minimum absolute atomic E-state index is 0.0382. The Morgan fingerprint density at radius 2 is 2.25 bits per heavy atom. The van der Waals surface area contributed by atoms with E-state index in [2.05, 4.69) is 5.10 Å². The molecule has 0 aromatic carbocycles. The second kappa shape index (κ2) is 3.59. The van der Waals surface area contributed by atoms with Gasteiger partial charge in [0.1, 0.15) is 0 Å². The van der Waals surface area contributed by atoms with Gasteiger partial charge in [-0.2, -0.15) is 5.10 Å². The lowest BCUT2D eigenvalue weighted by atomic mass is 9.91. The predicted octanol–water partition coefficient (Wildman–Crippen LogP) is 0.325. The quantitative estimate of drug-likeness (QED) is 0.785. The number of likely N-dealkylation sites (tertiary alicyclic amines) is 1. The number of carbonyl (C=O) groups excluding carboxylic acids is 1. The first-order chi connectivity index (χ1) is 7.45. The number of nitrogens with zero attached hydrogens (tertiary/aromatic N) is 3. The van der Waals surface area contributed by atoms with Crippen molar-refractivity contribution in [3.63, 3.8) is 0 Å². The van der Waals surface area contributed by atoms with Crippen molar-refractivity contribution in [1.29, 1.82) is 0 Å². The second-order valence-electron chi connectivity index (χ2n) is 4.54. The van der Waals surface area contributed by atoms with E-state index in [-0.39, 0.29) is 5.91 Å². The standard InChI is InChI=1S/C11H17N3O2/c1-4-11(16)6-14(7-11)10(15)9-5-13(3)12-8(9)2/h5,16H,4,6-7H2,1-3H3. The number of aryl methyl sites for hydroxylation is 2.